The summed E-state index contributed by atoms with van der Waals surface area (Å²) in [5, 5.41) is 0.926. The monoisotopic (exact) mass is 250 g/mol. The van der Waals surface area contributed by atoms with Crippen LogP contribution in [0.25, 0.3) is 10.2 Å². The molecule has 90 valence electrons. The van der Waals surface area contributed by atoms with Gasteiger partial charge >= 0.3 is 0 Å². The Morgan fingerprint density at radius 3 is 3.12 bits per heavy atom. The highest BCUT2D eigenvalue weighted by molar-refractivity contribution is 7.18. The van der Waals surface area contributed by atoms with Crippen molar-refractivity contribution in [1.82, 2.24) is 9.97 Å². The van der Waals surface area contributed by atoms with E-state index >= 15 is 0 Å². The number of thiophene rings is 1. The molecular weight excluding hydrogens is 236 g/mol. The zero-order valence-corrected chi connectivity index (χ0v) is 10.4. The average molecular weight is 250 g/mol. The van der Waals surface area contributed by atoms with Crippen LogP contribution < -0.4 is 16.0 Å². The summed E-state index contributed by atoms with van der Waals surface area (Å²) in [4.78, 5) is 10.5. The summed E-state index contributed by atoms with van der Waals surface area (Å²) in [5.74, 6) is 6.26. The van der Waals surface area contributed by atoms with Crippen LogP contribution in [0.1, 0.15) is 11.3 Å². The molecule has 0 spiro atoms. The number of nitrogens with zero attached hydrogens (tertiary/aromatic N) is 2. The maximum absolute atomic E-state index is 5.60. The molecule has 2 aromatic heterocycles. The Morgan fingerprint density at radius 2 is 2.41 bits per heavy atom. The second-order valence-electron chi connectivity index (χ2n) is 3.50. The molecule has 0 bridgehead atoms. The highest BCUT2D eigenvalue weighted by atomic mass is 32.1. The van der Waals surface area contributed by atoms with Crippen LogP contribution in [0.2, 0.25) is 0 Å². The number of rotatable bonds is 5. The minimum Gasteiger partial charge on any atom is -0.477 e. The van der Waals surface area contributed by atoms with E-state index in [2.05, 4.69) is 22.0 Å². The van der Waals surface area contributed by atoms with Crippen molar-refractivity contribution in [3.63, 3.8) is 0 Å². The Balaban J connectivity index is 2.39. The molecule has 2 heterocycles. The molecule has 0 atom stereocenters. The molecule has 0 fully saturated rings. The molecule has 2 rings (SSSR count). The van der Waals surface area contributed by atoms with Gasteiger partial charge in [-0.1, -0.05) is 6.08 Å². The van der Waals surface area contributed by atoms with E-state index in [1.165, 1.54) is 0 Å². The Bertz CT molecular complexity index is 537. The maximum Gasteiger partial charge on any atom is 0.241 e. The molecule has 0 radical (unpaired) electrons. The quantitative estimate of drug-likeness (QED) is 0.368. The van der Waals surface area contributed by atoms with Gasteiger partial charge in [-0.15, -0.1) is 17.9 Å². The van der Waals surface area contributed by atoms with Crippen molar-refractivity contribution in [1.29, 1.82) is 0 Å². The number of aryl methyl sites for hydroxylation is 1. The number of nitrogens with two attached hydrogens (primary N) is 1. The van der Waals surface area contributed by atoms with E-state index in [9.17, 15) is 0 Å². The molecule has 0 aliphatic rings. The minimum absolute atomic E-state index is 0.368. The summed E-state index contributed by atoms with van der Waals surface area (Å²) in [5.41, 5.74) is 2.44. The third kappa shape index (κ3) is 2.54. The van der Waals surface area contributed by atoms with Crippen LogP contribution in [-0.4, -0.2) is 16.6 Å². The van der Waals surface area contributed by atoms with Crippen LogP contribution in [-0.2, 0) is 0 Å². The summed E-state index contributed by atoms with van der Waals surface area (Å²) in [6.07, 6.45) is 2.58. The fraction of sp³-hybridized carbons (Fsp3) is 0.273. The van der Waals surface area contributed by atoms with Gasteiger partial charge in [0.1, 0.15) is 4.83 Å². The van der Waals surface area contributed by atoms with E-state index in [-0.39, 0.29) is 0 Å². The van der Waals surface area contributed by atoms with E-state index in [0.717, 1.165) is 21.5 Å². The van der Waals surface area contributed by atoms with E-state index in [4.69, 9.17) is 10.6 Å². The molecule has 2 aromatic rings. The van der Waals surface area contributed by atoms with Gasteiger partial charge < -0.3 is 4.74 Å². The fourth-order valence-corrected chi connectivity index (χ4v) is 2.30. The van der Waals surface area contributed by atoms with Crippen molar-refractivity contribution in [3.8, 4) is 5.88 Å². The minimum atomic E-state index is 0.368. The van der Waals surface area contributed by atoms with Crippen molar-refractivity contribution in [2.24, 2.45) is 5.84 Å². The number of ether oxygens (including phenoxy) is 1. The Kier molecular flexibility index (Phi) is 3.55. The highest BCUT2D eigenvalue weighted by Gasteiger charge is 2.10. The van der Waals surface area contributed by atoms with Crippen LogP contribution in [0.5, 0.6) is 5.88 Å². The Labute approximate surface area is 103 Å². The highest BCUT2D eigenvalue weighted by Crippen LogP contribution is 2.30. The number of hydrogen-bond donors (Lipinski definition) is 2. The number of aromatic nitrogens is 2. The zero-order valence-electron chi connectivity index (χ0n) is 9.56. The molecule has 0 aliphatic carbocycles. The van der Waals surface area contributed by atoms with E-state index in [1.54, 1.807) is 17.4 Å². The summed E-state index contributed by atoms with van der Waals surface area (Å²) in [6, 6.07) is 2.02. The second kappa shape index (κ2) is 5.11. The SMILES string of the molecule is C=CCCOc1nc(NN)nc2sc(C)cc12. The van der Waals surface area contributed by atoms with Crippen LogP contribution >= 0.6 is 11.3 Å². The third-order valence-corrected chi connectivity index (χ3v) is 3.12. The van der Waals surface area contributed by atoms with Gasteiger partial charge in [0.15, 0.2) is 0 Å². The zero-order chi connectivity index (χ0) is 12.3. The van der Waals surface area contributed by atoms with Gasteiger partial charge in [0, 0.05) is 4.88 Å². The Hall–Kier alpha value is -1.66. The largest absolute Gasteiger partial charge is 0.477 e. The number of fused-ring (bicyclic) bond motifs is 1. The molecule has 0 aliphatic heterocycles. The topological polar surface area (TPSA) is 73.1 Å². The second-order valence-corrected chi connectivity index (χ2v) is 4.73. The van der Waals surface area contributed by atoms with Crippen molar-refractivity contribution in [2.75, 3.05) is 12.0 Å². The van der Waals surface area contributed by atoms with Gasteiger partial charge in [0.2, 0.25) is 11.8 Å². The first-order valence-electron chi connectivity index (χ1n) is 5.23. The standard InChI is InChI=1S/C11H14N4OS/c1-3-4-5-16-9-8-6-7(2)17-10(8)14-11(13-9)15-12/h3,6H,1,4-5,12H2,2H3,(H,13,14,15). The predicted octanol–water partition coefficient (Wildman–Crippen LogP) is 2.24. The van der Waals surface area contributed by atoms with Crippen molar-refractivity contribution in [2.45, 2.75) is 13.3 Å². The van der Waals surface area contributed by atoms with Crippen LogP contribution in [0, 0.1) is 6.92 Å². The summed E-state index contributed by atoms with van der Waals surface area (Å²) >= 11 is 1.59. The van der Waals surface area contributed by atoms with Crippen molar-refractivity contribution >= 4 is 27.5 Å². The molecule has 0 saturated carbocycles. The van der Waals surface area contributed by atoms with Crippen molar-refractivity contribution in [3.05, 3.63) is 23.6 Å². The molecule has 0 saturated heterocycles. The number of nitrogen functional groups attached to an aromatic ring is 1. The lowest BCUT2D eigenvalue weighted by Gasteiger charge is -2.06. The molecule has 3 N–H and O–H groups in total. The van der Waals surface area contributed by atoms with Gasteiger partial charge in [-0.3, -0.25) is 5.43 Å². The van der Waals surface area contributed by atoms with E-state index in [1.807, 2.05) is 13.0 Å². The molecule has 5 nitrogen and oxygen atoms in total. The first-order valence-corrected chi connectivity index (χ1v) is 6.04. The number of anilines is 1. The van der Waals surface area contributed by atoms with Gasteiger partial charge in [0.25, 0.3) is 0 Å². The number of hydrazine groups is 1. The molecule has 6 heteroatoms. The van der Waals surface area contributed by atoms with Gasteiger partial charge in [-0.05, 0) is 19.4 Å². The normalized spacial score (nSPS) is 10.5. The first-order chi connectivity index (χ1) is 8.24. The van der Waals surface area contributed by atoms with E-state index in [0.29, 0.717) is 18.4 Å². The molecule has 17 heavy (non-hydrogen) atoms. The molecule has 0 amide bonds. The molecular formula is C11H14N4OS. The molecule has 0 unspecified atom stereocenters. The third-order valence-electron chi connectivity index (χ3n) is 2.17. The lowest BCUT2D eigenvalue weighted by molar-refractivity contribution is 0.317. The van der Waals surface area contributed by atoms with Crippen LogP contribution in [0.3, 0.4) is 0 Å². The summed E-state index contributed by atoms with van der Waals surface area (Å²) < 4.78 is 5.60. The summed E-state index contributed by atoms with van der Waals surface area (Å²) in [7, 11) is 0. The lowest BCUT2D eigenvalue weighted by atomic mass is 10.3. The predicted molar refractivity (Wildman–Crippen MR) is 70.3 cm³/mol. The maximum atomic E-state index is 5.60. The van der Waals surface area contributed by atoms with Crippen LogP contribution in [0.4, 0.5) is 5.95 Å². The number of hydrogen-bond acceptors (Lipinski definition) is 6. The Morgan fingerprint density at radius 1 is 1.59 bits per heavy atom. The average Bonchev–Trinajstić information content (AvgIpc) is 2.69. The first kappa shape index (κ1) is 11.8. The van der Waals surface area contributed by atoms with E-state index < -0.39 is 0 Å². The fourth-order valence-electron chi connectivity index (χ4n) is 1.43. The smallest absolute Gasteiger partial charge is 0.241 e. The van der Waals surface area contributed by atoms with Gasteiger partial charge in [-0.25, -0.2) is 10.8 Å². The van der Waals surface area contributed by atoms with Crippen LogP contribution in [0.15, 0.2) is 18.7 Å². The number of nitrogens with one attached hydrogen (secondary N) is 1. The van der Waals surface area contributed by atoms with Gasteiger partial charge in [0.05, 0.1) is 12.0 Å². The van der Waals surface area contributed by atoms with Gasteiger partial charge in [-0.2, -0.15) is 4.98 Å². The summed E-state index contributed by atoms with van der Waals surface area (Å²) in [6.45, 7) is 6.22. The van der Waals surface area contributed by atoms with Crippen molar-refractivity contribution < 1.29 is 4.74 Å². The molecule has 0 aromatic carbocycles. The lowest BCUT2D eigenvalue weighted by Crippen LogP contribution is -2.11.